The molecule has 25 heavy (non-hydrogen) atoms. The Morgan fingerprint density at radius 1 is 1.36 bits per heavy atom. The summed E-state index contributed by atoms with van der Waals surface area (Å²) in [7, 11) is 0. The maximum Gasteiger partial charge on any atom is 0.410 e. The third kappa shape index (κ3) is 5.50. The van der Waals surface area contributed by atoms with Crippen molar-refractivity contribution in [2.24, 2.45) is 5.92 Å². The summed E-state index contributed by atoms with van der Waals surface area (Å²) < 4.78 is 7.86. The highest BCUT2D eigenvalue weighted by Gasteiger charge is 2.27. The lowest BCUT2D eigenvalue weighted by Gasteiger charge is -2.34. The Morgan fingerprint density at radius 2 is 2.08 bits per heavy atom. The van der Waals surface area contributed by atoms with Crippen molar-refractivity contribution in [2.75, 3.05) is 19.6 Å². The highest BCUT2D eigenvalue weighted by molar-refractivity contribution is 5.68. The number of carbonyl (C=O) groups excluding carboxylic acids is 1. The second kappa shape index (κ2) is 8.26. The van der Waals surface area contributed by atoms with Crippen molar-refractivity contribution in [1.29, 1.82) is 0 Å². The maximum atomic E-state index is 12.3. The first-order chi connectivity index (χ1) is 11.7. The average molecular weight is 350 g/mol. The molecule has 1 aromatic heterocycles. The zero-order valence-electron chi connectivity index (χ0n) is 16.8. The van der Waals surface area contributed by atoms with E-state index in [1.54, 1.807) is 0 Å². The number of aromatic nitrogens is 1. The van der Waals surface area contributed by atoms with Gasteiger partial charge in [-0.3, -0.25) is 0 Å². The van der Waals surface area contributed by atoms with Gasteiger partial charge in [0.25, 0.3) is 0 Å². The molecule has 0 spiro atoms. The Kier molecular flexibility index (Phi) is 6.55. The van der Waals surface area contributed by atoms with Crippen LogP contribution in [0.5, 0.6) is 0 Å². The zero-order chi connectivity index (χ0) is 18.6. The van der Waals surface area contributed by atoms with Crippen molar-refractivity contribution in [2.45, 2.75) is 73.1 Å². The molecular formula is C20H35N3O2. The van der Waals surface area contributed by atoms with Gasteiger partial charge >= 0.3 is 6.09 Å². The first kappa shape index (κ1) is 19.8. The van der Waals surface area contributed by atoms with Crippen LogP contribution < -0.4 is 5.32 Å². The van der Waals surface area contributed by atoms with E-state index < -0.39 is 5.60 Å². The van der Waals surface area contributed by atoms with Crippen molar-refractivity contribution >= 4 is 6.09 Å². The number of nitrogens with one attached hydrogen (secondary N) is 1. The van der Waals surface area contributed by atoms with E-state index in [0.29, 0.717) is 5.92 Å². The predicted molar refractivity (Wildman–Crippen MR) is 102 cm³/mol. The molecule has 5 nitrogen and oxygen atoms in total. The van der Waals surface area contributed by atoms with Gasteiger partial charge in [-0.15, -0.1) is 0 Å². The van der Waals surface area contributed by atoms with Gasteiger partial charge in [0, 0.05) is 37.6 Å². The van der Waals surface area contributed by atoms with Crippen LogP contribution in [0.3, 0.4) is 0 Å². The Hall–Kier alpha value is -1.49. The van der Waals surface area contributed by atoms with Crippen LogP contribution in [-0.4, -0.2) is 40.8 Å². The minimum atomic E-state index is -0.426. The fourth-order valence-electron chi connectivity index (χ4n) is 3.67. The van der Waals surface area contributed by atoms with Crippen LogP contribution in [0.2, 0.25) is 0 Å². The number of nitrogens with zero attached hydrogens (tertiary/aromatic N) is 2. The standard InChI is InChI=1S/C20H35N3O2/c1-7-23-15(2)11-18(16(23)3)13-21-12-17-9-8-10-22(14-17)19(24)25-20(4,5)6/h11,17,21H,7-10,12-14H2,1-6H3. The van der Waals surface area contributed by atoms with Crippen LogP contribution in [0, 0.1) is 19.8 Å². The molecule has 0 bridgehead atoms. The van der Waals surface area contributed by atoms with Crippen LogP contribution in [-0.2, 0) is 17.8 Å². The molecule has 2 heterocycles. The second-order valence-electron chi connectivity index (χ2n) is 8.21. The van der Waals surface area contributed by atoms with E-state index in [-0.39, 0.29) is 6.09 Å². The van der Waals surface area contributed by atoms with Gasteiger partial charge in [0.1, 0.15) is 5.60 Å². The number of likely N-dealkylation sites (tertiary alicyclic amines) is 1. The molecule has 1 fully saturated rings. The lowest BCUT2D eigenvalue weighted by atomic mass is 9.98. The highest BCUT2D eigenvalue weighted by Crippen LogP contribution is 2.19. The number of ether oxygens (including phenoxy) is 1. The van der Waals surface area contributed by atoms with Gasteiger partial charge in [-0.1, -0.05) is 0 Å². The molecule has 1 N–H and O–H groups in total. The lowest BCUT2D eigenvalue weighted by molar-refractivity contribution is 0.0166. The quantitative estimate of drug-likeness (QED) is 0.878. The Bertz CT molecular complexity index is 586. The molecule has 0 saturated carbocycles. The van der Waals surface area contributed by atoms with E-state index in [1.165, 1.54) is 23.4 Å². The summed E-state index contributed by atoms with van der Waals surface area (Å²) in [5.41, 5.74) is 3.63. The van der Waals surface area contributed by atoms with E-state index >= 15 is 0 Å². The number of piperidine rings is 1. The van der Waals surface area contributed by atoms with Gasteiger partial charge in [0.2, 0.25) is 0 Å². The van der Waals surface area contributed by atoms with Crippen LogP contribution >= 0.6 is 0 Å². The molecule has 2 rings (SSSR count). The van der Waals surface area contributed by atoms with Crippen molar-refractivity contribution < 1.29 is 9.53 Å². The Morgan fingerprint density at radius 3 is 2.68 bits per heavy atom. The van der Waals surface area contributed by atoms with Crippen LogP contribution in [0.1, 0.15) is 57.5 Å². The summed E-state index contributed by atoms with van der Waals surface area (Å²) in [6, 6.07) is 2.28. The van der Waals surface area contributed by atoms with Gasteiger partial charge < -0.3 is 19.5 Å². The summed E-state index contributed by atoms with van der Waals surface area (Å²) in [6.07, 6.45) is 2.04. The third-order valence-electron chi connectivity index (χ3n) is 4.91. The monoisotopic (exact) mass is 349 g/mol. The number of amides is 1. The third-order valence-corrected chi connectivity index (χ3v) is 4.91. The van der Waals surface area contributed by atoms with Crippen molar-refractivity contribution in [3.8, 4) is 0 Å². The summed E-state index contributed by atoms with van der Waals surface area (Å²) in [4.78, 5) is 14.1. The number of rotatable bonds is 5. The van der Waals surface area contributed by atoms with Crippen molar-refractivity contribution in [3.05, 3.63) is 23.0 Å². The molecule has 1 saturated heterocycles. The number of aryl methyl sites for hydroxylation is 1. The van der Waals surface area contributed by atoms with Crippen LogP contribution in [0.4, 0.5) is 4.79 Å². The fraction of sp³-hybridized carbons (Fsp3) is 0.750. The predicted octanol–water partition coefficient (Wildman–Crippen LogP) is 3.86. The molecule has 1 aliphatic rings. The van der Waals surface area contributed by atoms with E-state index in [9.17, 15) is 4.79 Å². The minimum Gasteiger partial charge on any atom is -0.444 e. The molecule has 0 aromatic carbocycles. The molecule has 1 aromatic rings. The molecule has 1 amide bonds. The summed E-state index contributed by atoms with van der Waals surface area (Å²) >= 11 is 0. The molecule has 0 radical (unpaired) electrons. The topological polar surface area (TPSA) is 46.5 Å². The first-order valence-electron chi connectivity index (χ1n) is 9.55. The first-order valence-corrected chi connectivity index (χ1v) is 9.55. The minimum absolute atomic E-state index is 0.177. The summed E-state index contributed by atoms with van der Waals surface area (Å²) in [5, 5.41) is 3.59. The van der Waals surface area contributed by atoms with Crippen LogP contribution in [0.25, 0.3) is 0 Å². The van der Waals surface area contributed by atoms with E-state index in [2.05, 4.69) is 36.7 Å². The molecule has 1 unspecified atom stereocenters. The molecule has 1 aliphatic heterocycles. The smallest absolute Gasteiger partial charge is 0.410 e. The Labute approximate surface area is 152 Å². The van der Waals surface area contributed by atoms with E-state index in [1.807, 2.05) is 25.7 Å². The maximum absolute atomic E-state index is 12.3. The second-order valence-corrected chi connectivity index (χ2v) is 8.21. The molecule has 0 aliphatic carbocycles. The largest absolute Gasteiger partial charge is 0.444 e. The van der Waals surface area contributed by atoms with Gasteiger partial charge in [-0.25, -0.2) is 4.79 Å². The molecule has 142 valence electrons. The number of hydrogen-bond acceptors (Lipinski definition) is 3. The van der Waals surface area contributed by atoms with Gasteiger partial charge in [0.15, 0.2) is 0 Å². The van der Waals surface area contributed by atoms with E-state index in [4.69, 9.17) is 4.74 Å². The number of carbonyl (C=O) groups is 1. The van der Waals surface area contributed by atoms with Crippen molar-refractivity contribution in [3.63, 3.8) is 0 Å². The molecule has 5 heteroatoms. The van der Waals surface area contributed by atoms with Gasteiger partial charge in [0.05, 0.1) is 0 Å². The molecule has 1 atom stereocenters. The van der Waals surface area contributed by atoms with Gasteiger partial charge in [-0.2, -0.15) is 0 Å². The van der Waals surface area contributed by atoms with Crippen LogP contribution in [0.15, 0.2) is 6.07 Å². The number of hydrogen-bond donors (Lipinski definition) is 1. The summed E-state index contributed by atoms with van der Waals surface area (Å²) in [6.45, 7) is 16.7. The molecular weight excluding hydrogens is 314 g/mol. The fourth-order valence-corrected chi connectivity index (χ4v) is 3.67. The zero-order valence-corrected chi connectivity index (χ0v) is 16.8. The van der Waals surface area contributed by atoms with Crippen molar-refractivity contribution in [1.82, 2.24) is 14.8 Å². The lowest BCUT2D eigenvalue weighted by Crippen LogP contribution is -2.45. The SMILES string of the molecule is CCn1c(C)cc(CNCC2CCCN(C(=O)OC(C)(C)C)C2)c1C. The van der Waals surface area contributed by atoms with Gasteiger partial charge in [-0.05, 0) is 78.5 Å². The summed E-state index contributed by atoms with van der Waals surface area (Å²) in [5.74, 6) is 0.496. The van der Waals surface area contributed by atoms with E-state index in [0.717, 1.165) is 39.1 Å². The average Bonchev–Trinajstić information content (AvgIpc) is 2.79. The Balaban J connectivity index is 1.82. The normalized spacial score (nSPS) is 18.5. The highest BCUT2D eigenvalue weighted by atomic mass is 16.6.